The van der Waals surface area contributed by atoms with Crippen molar-refractivity contribution in [3.05, 3.63) is 59.9 Å². The van der Waals surface area contributed by atoms with Crippen LogP contribution in [0.5, 0.6) is 0 Å². The van der Waals surface area contributed by atoms with E-state index >= 15 is 0 Å². The maximum atomic E-state index is 11.9. The van der Waals surface area contributed by atoms with Crippen LogP contribution in [-0.4, -0.2) is 32.9 Å². The molecule has 25 heavy (non-hydrogen) atoms. The molecule has 0 saturated heterocycles. The summed E-state index contributed by atoms with van der Waals surface area (Å²) in [7, 11) is 0. The lowest BCUT2D eigenvalue weighted by Gasteiger charge is -2.04. The van der Waals surface area contributed by atoms with Gasteiger partial charge in [-0.3, -0.25) is 9.59 Å². The fourth-order valence-electron chi connectivity index (χ4n) is 2.42. The first-order chi connectivity index (χ1) is 12.1. The molecule has 0 unspecified atom stereocenters. The third-order valence-corrected chi connectivity index (χ3v) is 3.67. The largest absolute Gasteiger partial charge is 0.481 e. The number of nitrogens with one attached hydrogen (secondary N) is 1. The Labute approximate surface area is 143 Å². The zero-order valence-electron chi connectivity index (χ0n) is 13.1. The van der Waals surface area contributed by atoms with Crippen molar-refractivity contribution in [2.45, 2.75) is 6.42 Å². The van der Waals surface area contributed by atoms with Crippen molar-refractivity contribution < 1.29 is 14.7 Å². The Morgan fingerprint density at radius 3 is 2.68 bits per heavy atom. The molecule has 1 aromatic carbocycles. The number of carboxylic acids is 1. The number of amides is 1. The number of fused-ring (bicyclic) bond motifs is 1. The van der Waals surface area contributed by atoms with Crippen molar-refractivity contribution in [3.63, 3.8) is 0 Å². The Balaban J connectivity index is 1.80. The highest BCUT2D eigenvalue weighted by atomic mass is 16.4. The molecule has 7 nitrogen and oxygen atoms in total. The minimum Gasteiger partial charge on any atom is -0.481 e. The van der Waals surface area contributed by atoms with Gasteiger partial charge in [-0.25, -0.2) is 4.98 Å². The smallest absolute Gasteiger partial charge is 0.305 e. The van der Waals surface area contributed by atoms with Crippen LogP contribution >= 0.6 is 0 Å². The van der Waals surface area contributed by atoms with Gasteiger partial charge in [0.05, 0.1) is 17.7 Å². The molecule has 124 valence electrons. The van der Waals surface area contributed by atoms with Crippen LogP contribution < -0.4 is 5.32 Å². The number of aliphatic carboxylic acids is 1. The molecule has 0 saturated carbocycles. The van der Waals surface area contributed by atoms with E-state index in [9.17, 15) is 9.59 Å². The Kier molecular flexibility index (Phi) is 4.44. The fourth-order valence-corrected chi connectivity index (χ4v) is 2.42. The molecule has 0 aliphatic heterocycles. The summed E-state index contributed by atoms with van der Waals surface area (Å²) >= 11 is 0. The normalized spacial score (nSPS) is 10.4. The molecule has 1 amide bonds. The zero-order chi connectivity index (χ0) is 17.8. The predicted molar refractivity (Wildman–Crippen MR) is 89.9 cm³/mol. The SMILES string of the molecule is N#Cc1cccn2cc(-c3ccc(C(=O)NCCC(=O)O)cc3)nc12. The van der Waals surface area contributed by atoms with Crippen molar-refractivity contribution in [3.8, 4) is 17.3 Å². The monoisotopic (exact) mass is 334 g/mol. The van der Waals surface area contributed by atoms with Gasteiger partial charge in [0.25, 0.3) is 5.91 Å². The first kappa shape index (κ1) is 16.2. The Morgan fingerprint density at radius 2 is 2.00 bits per heavy atom. The molecule has 3 aromatic rings. The number of imidazole rings is 1. The van der Waals surface area contributed by atoms with E-state index in [1.165, 1.54) is 0 Å². The van der Waals surface area contributed by atoms with Gasteiger partial charge >= 0.3 is 5.97 Å². The van der Waals surface area contributed by atoms with E-state index in [0.29, 0.717) is 22.5 Å². The summed E-state index contributed by atoms with van der Waals surface area (Å²) in [6.45, 7) is 0.0826. The highest BCUT2D eigenvalue weighted by molar-refractivity contribution is 5.94. The summed E-state index contributed by atoms with van der Waals surface area (Å²) in [4.78, 5) is 26.9. The average Bonchev–Trinajstić information content (AvgIpc) is 3.05. The van der Waals surface area contributed by atoms with E-state index in [1.54, 1.807) is 40.8 Å². The Hall–Kier alpha value is -3.66. The Bertz CT molecular complexity index is 984. The summed E-state index contributed by atoms with van der Waals surface area (Å²) in [5.74, 6) is -1.28. The maximum absolute atomic E-state index is 11.9. The summed E-state index contributed by atoms with van der Waals surface area (Å²) in [6.07, 6.45) is 3.52. The van der Waals surface area contributed by atoms with Crippen LogP contribution in [0.3, 0.4) is 0 Å². The summed E-state index contributed by atoms with van der Waals surface area (Å²) < 4.78 is 1.78. The number of nitrogens with zero attached hydrogens (tertiary/aromatic N) is 3. The lowest BCUT2D eigenvalue weighted by atomic mass is 10.1. The number of nitriles is 1. The fraction of sp³-hybridized carbons (Fsp3) is 0.111. The van der Waals surface area contributed by atoms with Gasteiger partial charge < -0.3 is 14.8 Å². The molecule has 0 aliphatic carbocycles. The van der Waals surface area contributed by atoms with E-state index in [0.717, 1.165) is 5.56 Å². The van der Waals surface area contributed by atoms with Crippen LogP contribution in [0, 0.1) is 11.3 Å². The van der Waals surface area contributed by atoms with E-state index in [2.05, 4.69) is 16.4 Å². The van der Waals surface area contributed by atoms with Crippen molar-refractivity contribution in [1.82, 2.24) is 14.7 Å². The van der Waals surface area contributed by atoms with E-state index in [4.69, 9.17) is 10.4 Å². The molecule has 0 fully saturated rings. The summed E-state index contributed by atoms with van der Waals surface area (Å²) in [6, 6.07) is 12.4. The number of benzene rings is 1. The number of pyridine rings is 1. The van der Waals surface area contributed by atoms with Gasteiger partial charge in [-0.2, -0.15) is 5.26 Å². The lowest BCUT2D eigenvalue weighted by molar-refractivity contribution is -0.136. The second-order valence-electron chi connectivity index (χ2n) is 5.37. The molecule has 2 N–H and O–H groups in total. The standard InChI is InChI=1S/C18H14N4O3/c19-10-14-2-1-9-22-11-15(21-17(14)22)12-3-5-13(6-4-12)18(25)20-8-7-16(23)24/h1-6,9,11H,7-8H2,(H,20,25)(H,23,24). The van der Waals surface area contributed by atoms with Crippen LogP contribution in [0.1, 0.15) is 22.3 Å². The first-order valence-electron chi connectivity index (χ1n) is 7.57. The second-order valence-corrected chi connectivity index (χ2v) is 5.37. The average molecular weight is 334 g/mol. The number of carboxylic acid groups (broad SMARTS) is 1. The van der Waals surface area contributed by atoms with Gasteiger partial charge in [-0.1, -0.05) is 12.1 Å². The van der Waals surface area contributed by atoms with Crippen LogP contribution in [0.15, 0.2) is 48.8 Å². The van der Waals surface area contributed by atoms with Crippen LogP contribution in [0.25, 0.3) is 16.9 Å². The van der Waals surface area contributed by atoms with Crippen LogP contribution in [-0.2, 0) is 4.79 Å². The van der Waals surface area contributed by atoms with E-state index < -0.39 is 5.97 Å². The first-order valence-corrected chi connectivity index (χ1v) is 7.57. The second kappa shape index (κ2) is 6.84. The molecule has 0 aliphatic rings. The molecule has 0 spiro atoms. The predicted octanol–water partition coefficient (Wildman–Crippen LogP) is 2.08. The number of aromatic nitrogens is 2. The quantitative estimate of drug-likeness (QED) is 0.743. The molecular formula is C18H14N4O3. The third-order valence-electron chi connectivity index (χ3n) is 3.67. The van der Waals surface area contributed by atoms with Gasteiger partial charge in [0.15, 0.2) is 5.65 Å². The summed E-state index contributed by atoms with van der Waals surface area (Å²) in [5.41, 5.74) is 3.02. The highest BCUT2D eigenvalue weighted by Crippen LogP contribution is 2.21. The van der Waals surface area contributed by atoms with E-state index in [-0.39, 0.29) is 18.9 Å². The number of hydrogen-bond acceptors (Lipinski definition) is 4. The molecule has 2 aromatic heterocycles. The molecule has 2 heterocycles. The topological polar surface area (TPSA) is 107 Å². The maximum Gasteiger partial charge on any atom is 0.305 e. The van der Waals surface area contributed by atoms with Gasteiger partial charge in [-0.05, 0) is 24.3 Å². The van der Waals surface area contributed by atoms with Crippen LogP contribution in [0.4, 0.5) is 0 Å². The number of hydrogen-bond donors (Lipinski definition) is 2. The van der Waals surface area contributed by atoms with Gasteiger partial charge in [0, 0.05) is 30.1 Å². The van der Waals surface area contributed by atoms with E-state index in [1.807, 2.05) is 12.4 Å². The highest BCUT2D eigenvalue weighted by Gasteiger charge is 2.10. The lowest BCUT2D eigenvalue weighted by Crippen LogP contribution is -2.25. The number of carbonyl (C=O) groups is 2. The Morgan fingerprint density at radius 1 is 1.24 bits per heavy atom. The zero-order valence-corrected chi connectivity index (χ0v) is 13.1. The van der Waals surface area contributed by atoms with Crippen LogP contribution in [0.2, 0.25) is 0 Å². The third kappa shape index (κ3) is 3.48. The van der Waals surface area contributed by atoms with Crippen molar-refractivity contribution in [2.24, 2.45) is 0 Å². The van der Waals surface area contributed by atoms with Gasteiger partial charge in [0.1, 0.15) is 6.07 Å². The molecule has 0 radical (unpaired) electrons. The number of carbonyl (C=O) groups excluding carboxylic acids is 1. The van der Waals surface area contributed by atoms with Gasteiger partial charge in [-0.15, -0.1) is 0 Å². The van der Waals surface area contributed by atoms with Gasteiger partial charge in [0.2, 0.25) is 0 Å². The molecular weight excluding hydrogens is 320 g/mol. The minimum absolute atomic E-state index is 0.0826. The number of rotatable bonds is 5. The molecule has 3 rings (SSSR count). The molecule has 7 heteroatoms. The molecule has 0 atom stereocenters. The molecule has 0 bridgehead atoms. The van der Waals surface area contributed by atoms with Crippen molar-refractivity contribution >= 4 is 17.5 Å². The summed E-state index contributed by atoms with van der Waals surface area (Å²) in [5, 5.41) is 20.3. The van der Waals surface area contributed by atoms with Crippen molar-refractivity contribution in [1.29, 1.82) is 5.26 Å². The minimum atomic E-state index is -0.959. The van der Waals surface area contributed by atoms with Crippen molar-refractivity contribution in [2.75, 3.05) is 6.54 Å².